The molecule has 5 rings (SSSR count). The molecule has 3 N–H and O–H groups in total. The maximum Gasteiger partial charge on any atom is 0.141 e. The molecule has 0 aliphatic carbocycles. The molecule has 3 aromatic heterocycles. The SMILES string of the molecule is Cc1ncc(-c2[nH]c3ncc(-c4c(C)ccc(O)c4C)c(C#N)c3c2N2CCC(O)C2)cn1. The fourth-order valence-electron chi connectivity index (χ4n) is 4.69. The number of aromatic hydroxyl groups is 1. The normalized spacial score (nSPS) is 15.8. The standard InChI is InChI=1S/C25H24N6O2/c1-13-4-5-20(33)14(2)21(13)19-11-29-25-22(18(19)8-26)24(31-7-6-17(32)12-31)23(30-25)16-9-27-15(3)28-10-16/h4-5,9-11,17,32-33H,6-7,12H2,1-3H3,(H,29,30). The number of aromatic nitrogens is 4. The van der Waals surface area contributed by atoms with Crippen molar-refractivity contribution in [2.45, 2.75) is 33.3 Å². The Hall–Kier alpha value is -3.96. The van der Waals surface area contributed by atoms with Crippen molar-refractivity contribution in [3.63, 3.8) is 0 Å². The topological polar surface area (TPSA) is 122 Å². The zero-order valence-electron chi connectivity index (χ0n) is 18.7. The molecular weight excluding hydrogens is 416 g/mol. The number of hydrogen-bond donors (Lipinski definition) is 3. The molecule has 0 spiro atoms. The van der Waals surface area contributed by atoms with Crippen molar-refractivity contribution in [3.8, 4) is 34.2 Å². The number of nitrogens with one attached hydrogen (secondary N) is 1. The van der Waals surface area contributed by atoms with Gasteiger partial charge in [-0.3, -0.25) is 0 Å². The minimum absolute atomic E-state index is 0.175. The summed E-state index contributed by atoms with van der Waals surface area (Å²) in [5.74, 6) is 0.843. The predicted molar refractivity (Wildman–Crippen MR) is 126 cm³/mol. The van der Waals surface area contributed by atoms with Crippen molar-refractivity contribution >= 4 is 16.7 Å². The van der Waals surface area contributed by atoms with E-state index in [9.17, 15) is 15.5 Å². The monoisotopic (exact) mass is 440 g/mol. The molecule has 166 valence electrons. The van der Waals surface area contributed by atoms with Crippen LogP contribution in [0.15, 0.2) is 30.7 Å². The molecule has 8 nitrogen and oxygen atoms in total. The average Bonchev–Trinajstić information content (AvgIpc) is 3.40. The van der Waals surface area contributed by atoms with E-state index in [0.717, 1.165) is 28.1 Å². The summed E-state index contributed by atoms with van der Waals surface area (Å²) in [7, 11) is 0. The van der Waals surface area contributed by atoms with Crippen LogP contribution in [0.5, 0.6) is 5.75 Å². The van der Waals surface area contributed by atoms with Gasteiger partial charge in [-0.2, -0.15) is 5.26 Å². The number of rotatable bonds is 3. The number of nitriles is 1. The van der Waals surface area contributed by atoms with E-state index in [2.05, 4.69) is 30.9 Å². The number of aliphatic hydroxyl groups excluding tert-OH is 1. The maximum atomic E-state index is 10.3. The van der Waals surface area contributed by atoms with Gasteiger partial charge in [0.1, 0.15) is 23.3 Å². The number of nitrogens with zero attached hydrogens (tertiary/aromatic N) is 5. The lowest BCUT2D eigenvalue weighted by Gasteiger charge is -2.20. The van der Waals surface area contributed by atoms with Crippen LogP contribution in [0.2, 0.25) is 0 Å². The molecular formula is C25H24N6O2. The third-order valence-electron chi connectivity index (χ3n) is 6.37. The number of H-pyrrole nitrogens is 1. The Morgan fingerprint density at radius 3 is 2.55 bits per heavy atom. The van der Waals surface area contributed by atoms with E-state index in [-0.39, 0.29) is 5.75 Å². The van der Waals surface area contributed by atoms with Gasteiger partial charge in [0, 0.05) is 42.8 Å². The summed E-state index contributed by atoms with van der Waals surface area (Å²) >= 11 is 0. The van der Waals surface area contributed by atoms with Crippen LogP contribution in [-0.4, -0.2) is 49.3 Å². The number of aryl methyl sites for hydroxylation is 2. The van der Waals surface area contributed by atoms with E-state index >= 15 is 0 Å². The number of fused-ring (bicyclic) bond motifs is 1. The van der Waals surface area contributed by atoms with E-state index in [4.69, 9.17) is 0 Å². The third-order valence-corrected chi connectivity index (χ3v) is 6.37. The van der Waals surface area contributed by atoms with Gasteiger partial charge in [-0.1, -0.05) is 6.07 Å². The van der Waals surface area contributed by atoms with Crippen molar-refractivity contribution in [2.75, 3.05) is 18.0 Å². The van der Waals surface area contributed by atoms with Gasteiger partial charge in [-0.25, -0.2) is 15.0 Å². The van der Waals surface area contributed by atoms with Crippen LogP contribution in [0.3, 0.4) is 0 Å². The smallest absolute Gasteiger partial charge is 0.141 e. The Labute approximate surface area is 191 Å². The second-order valence-electron chi connectivity index (χ2n) is 8.54. The summed E-state index contributed by atoms with van der Waals surface area (Å²) in [6.45, 7) is 6.75. The van der Waals surface area contributed by atoms with Crippen molar-refractivity contribution in [2.24, 2.45) is 0 Å². The van der Waals surface area contributed by atoms with Gasteiger partial charge >= 0.3 is 0 Å². The summed E-state index contributed by atoms with van der Waals surface area (Å²) in [6.07, 6.45) is 5.40. The quantitative estimate of drug-likeness (QED) is 0.443. The van der Waals surface area contributed by atoms with Gasteiger partial charge in [-0.15, -0.1) is 0 Å². The number of pyridine rings is 1. The predicted octanol–water partition coefficient (Wildman–Crippen LogP) is 3.76. The van der Waals surface area contributed by atoms with E-state index in [1.54, 1.807) is 24.7 Å². The molecule has 1 atom stereocenters. The summed E-state index contributed by atoms with van der Waals surface area (Å²) in [4.78, 5) is 18.8. The molecule has 1 aliphatic heterocycles. The van der Waals surface area contributed by atoms with Gasteiger partial charge in [0.2, 0.25) is 0 Å². The van der Waals surface area contributed by atoms with Gasteiger partial charge in [0.15, 0.2) is 0 Å². The van der Waals surface area contributed by atoms with Crippen LogP contribution in [0.1, 0.15) is 28.9 Å². The zero-order valence-corrected chi connectivity index (χ0v) is 18.7. The van der Waals surface area contributed by atoms with E-state index in [0.29, 0.717) is 53.1 Å². The zero-order chi connectivity index (χ0) is 23.3. The molecule has 8 heteroatoms. The van der Waals surface area contributed by atoms with Crippen molar-refractivity contribution < 1.29 is 10.2 Å². The first-order valence-electron chi connectivity index (χ1n) is 10.9. The summed E-state index contributed by atoms with van der Waals surface area (Å²) in [6, 6.07) is 5.90. The molecule has 4 heterocycles. The Bertz CT molecular complexity index is 1420. The first-order chi connectivity index (χ1) is 15.9. The Morgan fingerprint density at radius 2 is 1.88 bits per heavy atom. The van der Waals surface area contributed by atoms with Gasteiger partial charge in [0.25, 0.3) is 0 Å². The van der Waals surface area contributed by atoms with Crippen LogP contribution < -0.4 is 4.90 Å². The van der Waals surface area contributed by atoms with Gasteiger partial charge in [0.05, 0.1) is 28.4 Å². The largest absolute Gasteiger partial charge is 0.508 e. The maximum absolute atomic E-state index is 10.3. The number of phenols is 1. The molecule has 0 bridgehead atoms. The lowest BCUT2D eigenvalue weighted by Crippen LogP contribution is -2.21. The number of aromatic amines is 1. The van der Waals surface area contributed by atoms with Crippen molar-refractivity contribution in [3.05, 3.63) is 53.2 Å². The van der Waals surface area contributed by atoms with Crippen LogP contribution in [0.4, 0.5) is 5.69 Å². The second kappa shape index (κ2) is 7.87. The Morgan fingerprint density at radius 1 is 1.12 bits per heavy atom. The first-order valence-corrected chi connectivity index (χ1v) is 10.9. The number of phenolic OH excluding ortho intramolecular Hbond substituents is 1. The van der Waals surface area contributed by atoms with Gasteiger partial charge in [-0.05, 0) is 49.9 Å². The highest BCUT2D eigenvalue weighted by molar-refractivity contribution is 6.06. The first kappa shape index (κ1) is 20.9. The molecule has 1 aliphatic rings. The van der Waals surface area contributed by atoms with Crippen LogP contribution in [0.25, 0.3) is 33.4 Å². The lowest BCUT2D eigenvalue weighted by molar-refractivity contribution is 0.198. The minimum atomic E-state index is -0.436. The number of aliphatic hydroxyl groups is 1. The number of anilines is 1. The van der Waals surface area contributed by atoms with Crippen LogP contribution in [-0.2, 0) is 0 Å². The minimum Gasteiger partial charge on any atom is -0.508 e. The highest BCUT2D eigenvalue weighted by Gasteiger charge is 2.29. The molecule has 0 saturated carbocycles. The van der Waals surface area contributed by atoms with E-state index in [1.807, 2.05) is 26.8 Å². The second-order valence-corrected chi connectivity index (χ2v) is 8.54. The Balaban J connectivity index is 1.84. The number of β-amino-alcohol motifs (C(OH)–C–C–N with tert-alkyl or cyclic N) is 1. The highest BCUT2D eigenvalue weighted by atomic mass is 16.3. The molecule has 0 amide bonds. The number of benzene rings is 1. The Kier molecular flexibility index (Phi) is 4.99. The molecule has 0 radical (unpaired) electrons. The highest BCUT2D eigenvalue weighted by Crippen LogP contribution is 2.43. The van der Waals surface area contributed by atoms with Crippen molar-refractivity contribution in [1.29, 1.82) is 5.26 Å². The van der Waals surface area contributed by atoms with E-state index < -0.39 is 6.10 Å². The fraction of sp³-hybridized carbons (Fsp3) is 0.280. The molecule has 1 unspecified atom stereocenters. The molecule has 1 fully saturated rings. The van der Waals surface area contributed by atoms with E-state index in [1.165, 1.54) is 0 Å². The fourth-order valence-corrected chi connectivity index (χ4v) is 4.69. The molecule has 1 aromatic carbocycles. The number of hydrogen-bond acceptors (Lipinski definition) is 7. The van der Waals surface area contributed by atoms with Gasteiger partial charge < -0.3 is 20.1 Å². The summed E-state index contributed by atoms with van der Waals surface area (Å²) < 4.78 is 0. The van der Waals surface area contributed by atoms with Crippen LogP contribution >= 0.6 is 0 Å². The van der Waals surface area contributed by atoms with Crippen molar-refractivity contribution in [1.82, 2.24) is 19.9 Å². The summed E-state index contributed by atoms with van der Waals surface area (Å²) in [5.41, 5.74) is 6.54. The molecule has 33 heavy (non-hydrogen) atoms. The molecule has 4 aromatic rings. The lowest BCUT2D eigenvalue weighted by atomic mass is 9.92. The third kappa shape index (κ3) is 3.38. The molecule has 1 saturated heterocycles. The van der Waals surface area contributed by atoms with Crippen LogP contribution in [0, 0.1) is 32.1 Å². The summed E-state index contributed by atoms with van der Waals surface area (Å²) in [5, 5.41) is 31.6. The average molecular weight is 441 g/mol.